The Bertz CT molecular complexity index is 786. The number of hydrogen-bond donors (Lipinski definition) is 1. The molecule has 4 bridgehead atoms. The van der Waals surface area contributed by atoms with Gasteiger partial charge in [-0.15, -0.1) is 0 Å². The number of nitrogens with zero attached hydrogens (tertiary/aromatic N) is 1. The van der Waals surface area contributed by atoms with E-state index in [1.165, 1.54) is 38.5 Å². The lowest BCUT2D eigenvalue weighted by molar-refractivity contribution is -0.385. The highest BCUT2D eigenvalue weighted by Gasteiger charge is 2.51. The molecule has 4 fully saturated rings. The predicted molar refractivity (Wildman–Crippen MR) is 99.0 cm³/mol. The summed E-state index contributed by atoms with van der Waals surface area (Å²) in [5.74, 6) is 1.15. The van der Waals surface area contributed by atoms with E-state index < -0.39 is 10.9 Å². The van der Waals surface area contributed by atoms with Gasteiger partial charge in [-0.3, -0.25) is 14.9 Å². The highest BCUT2D eigenvalue weighted by Crippen LogP contribution is 2.55. The quantitative estimate of drug-likeness (QED) is 0.456. The molecule has 8 nitrogen and oxygen atoms in total. The molecule has 0 aromatic heterocycles. The van der Waals surface area contributed by atoms with Crippen LogP contribution in [0.2, 0.25) is 0 Å². The molecule has 0 unspecified atom stereocenters. The Morgan fingerprint density at radius 2 is 1.79 bits per heavy atom. The Morgan fingerprint density at radius 1 is 1.18 bits per heavy atom. The Morgan fingerprint density at radius 3 is 2.32 bits per heavy atom. The van der Waals surface area contributed by atoms with E-state index >= 15 is 0 Å². The van der Waals surface area contributed by atoms with Crippen LogP contribution in [-0.4, -0.2) is 36.1 Å². The molecule has 0 heterocycles. The summed E-state index contributed by atoms with van der Waals surface area (Å²) in [6.07, 6.45) is 6.93. The summed E-state index contributed by atoms with van der Waals surface area (Å²) < 4.78 is 10.0. The van der Waals surface area contributed by atoms with E-state index in [0.717, 1.165) is 25.3 Å². The molecule has 4 saturated carbocycles. The second-order valence-corrected chi connectivity index (χ2v) is 8.47. The van der Waals surface area contributed by atoms with E-state index in [1.54, 1.807) is 0 Å². The van der Waals surface area contributed by atoms with E-state index in [0.29, 0.717) is 17.8 Å². The van der Waals surface area contributed by atoms with Gasteiger partial charge in [0.2, 0.25) is 0 Å². The van der Waals surface area contributed by atoms with Crippen LogP contribution in [-0.2, 0) is 9.53 Å². The number of amides is 1. The third-order valence-corrected chi connectivity index (χ3v) is 6.38. The normalized spacial score (nSPS) is 30.0. The van der Waals surface area contributed by atoms with Crippen molar-refractivity contribution >= 4 is 17.6 Å². The van der Waals surface area contributed by atoms with Crippen molar-refractivity contribution in [1.82, 2.24) is 5.32 Å². The molecule has 1 aromatic rings. The minimum Gasteiger partial charge on any atom is -0.477 e. The van der Waals surface area contributed by atoms with Crippen molar-refractivity contribution in [2.45, 2.75) is 44.1 Å². The monoisotopic (exact) mass is 388 g/mol. The van der Waals surface area contributed by atoms with Crippen LogP contribution < -0.4 is 10.1 Å². The van der Waals surface area contributed by atoms with E-state index in [-0.39, 0.29) is 35.1 Å². The fourth-order valence-electron chi connectivity index (χ4n) is 5.77. The fraction of sp³-hybridized carbons (Fsp3) is 0.600. The number of hydrogen-bond acceptors (Lipinski definition) is 6. The molecule has 4 aliphatic carbocycles. The topological polar surface area (TPSA) is 108 Å². The van der Waals surface area contributed by atoms with Gasteiger partial charge < -0.3 is 14.8 Å². The summed E-state index contributed by atoms with van der Waals surface area (Å²) in [6, 6.07) is 3.80. The second kappa shape index (κ2) is 7.07. The lowest BCUT2D eigenvalue weighted by Crippen LogP contribution is -2.60. The Kier molecular flexibility index (Phi) is 4.72. The Balaban J connectivity index is 1.41. The van der Waals surface area contributed by atoms with Gasteiger partial charge in [-0.2, -0.15) is 0 Å². The van der Waals surface area contributed by atoms with Crippen LogP contribution >= 0.6 is 0 Å². The van der Waals surface area contributed by atoms with Crippen LogP contribution in [0, 0.1) is 27.9 Å². The van der Waals surface area contributed by atoms with Gasteiger partial charge in [0.05, 0.1) is 17.6 Å². The molecule has 1 amide bonds. The van der Waals surface area contributed by atoms with Gasteiger partial charge in [-0.05, 0) is 68.4 Å². The van der Waals surface area contributed by atoms with Gasteiger partial charge in [0.15, 0.2) is 12.4 Å². The standard InChI is InChI=1S/C20H24N2O6/c1-27-19(24)15-2-3-17(16(7-15)22(25)26)28-11-18(23)21-20-8-12-4-13(9-20)6-14(5-12)10-20/h2-3,7,12-14H,4-6,8-11H2,1H3,(H,21,23). The number of nitro benzene ring substituents is 1. The molecule has 8 heteroatoms. The molecule has 150 valence electrons. The summed E-state index contributed by atoms with van der Waals surface area (Å²) in [7, 11) is 1.20. The first-order valence-electron chi connectivity index (χ1n) is 9.68. The molecule has 1 N–H and O–H groups in total. The van der Waals surface area contributed by atoms with Crippen molar-refractivity contribution in [2.75, 3.05) is 13.7 Å². The predicted octanol–water partition coefficient (Wildman–Crippen LogP) is 2.85. The van der Waals surface area contributed by atoms with Crippen LogP contribution in [0.1, 0.15) is 48.9 Å². The average molecular weight is 388 g/mol. The van der Waals surface area contributed by atoms with E-state index in [4.69, 9.17) is 4.74 Å². The molecular formula is C20H24N2O6. The molecule has 0 radical (unpaired) electrons. The summed E-state index contributed by atoms with van der Waals surface area (Å²) >= 11 is 0. The van der Waals surface area contributed by atoms with Gasteiger partial charge in [-0.1, -0.05) is 0 Å². The summed E-state index contributed by atoms with van der Waals surface area (Å²) in [6.45, 7) is -0.292. The van der Waals surface area contributed by atoms with E-state index in [9.17, 15) is 19.7 Å². The SMILES string of the molecule is COC(=O)c1ccc(OCC(=O)NC23CC4CC(CC(C4)C2)C3)c([N+](=O)[O-])c1. The summed E-state index contributed by atoms with van der Waals surface area (Å²) in [5, 5.41) is 14.5. The van der Waals surface area contributed by atoms with Crippen LogP contribution in [0.15, 0.2) is 18.2 Å². The third kappa shape index (κ3) is 3.55. The molecule has 0 spiro atoms. The smallest absolute Gasteiger partial charge is 0.338 e. The molecule has 0 atom stereocenters. The zero-order valence-electron chi connectivity index (χ0n) is 15.8. The molecule has 0 saturated heterocycles. The largest absolute Gasteiger partial charge is 0.477 e. The Hall–Kier alpha value is -2.64. The van der Waals surface area contributed by atoms with Crippen molar-refractivity contribution in [3.63, 3.8) is 0 Å². The highest BCUT2D eigenvalue weighted by molar-refractivity contribution is 5.90. The average Bonchev–Trinajstić information content (AvgIpc) is 2.64. The lowest BCUT2D eigenvalue weighted by atomic mass is 9.53. The van der Waals surface area contributed by atoms with Crippen molar-refractivity contribution < 1.29 is 24.0 Å². The van der Waals surface area contributed by atoms with Crippen LogP contribution in [0.5, 0.6) is 5.75 Å². The number of nitro groups is 1. The second-order valence-electron chi connectivity index (χ2n) is 8.47. The number of carbonyl (C=O) groups is 2. The number of methoxy groups -OCH3 is 1. The molecule has 0 aliphatic heterocycles. The number of benzene rings is 1. The minimum absolute atomic E-state index is 0.0432. The van der Waals surface area contributed by atoms with E-state index in [1.807, 2.05) is 0 Å². The molecule has 4 aliphatic rings. The number of nitrogens with one attached hydrogen (secondary N) is 1. The van der Waals surface area contributed by atoms with Gasteiger partial charge in [-0.25, -0.2) is 4.79 Å². The number of ether oxygens (including phenoxy) is 2. The first-order valence-corrected chi connectivity index (χ1v) is 9.68. The molecule has 5 rings (SSSR count). The Labute approximate surface area is 162 Å². The number of carbonyl (C=O) groups excluding carboxylic acids is 2. The zero-order chi connectivity index (χ0) is 19.9. The van der Waals surface area contributed by atoms with Crippen molar-refractivity contribution in [2.24, 2.45) is 17.8 Å². The lowest BCUT2D eigenvalue weighted by Gasteiger charge is -2.56. The molecular weight excluding hydrogens is 364 g/mol. The van der Waals surface area contributed by atoms with Crippen molar-refractivity contribution in [1.29, 1.82) is 0 Å². The molecule has 1 aromatic carbocycles. The number of esters is 1. The van der Waals surface area contributed by atoms with Crippen molar-refractivity contribution in [3.05, 3.63) is 33.9 Å². The maximum Gasteiger partial charge on any atom is 0.338 e. The first-order chi connectivity index (χ1) is 13.4. The van der Waals surface area contributed by atoms with Gasteiger partial charge in [0.1, 0.15) is 0 Å². The zero-order valence-corrected chi connectivity index (χ0v) is 15.8. The van der Waals surface area contributed by atoms with Gasteiger partial charge >= 0.3 is 11.7 Å². The van der Waals surface area contributed by atoms with Crippen LogP contribution in [0.4, 0.5) is 5.69 Å². The molecule has 28 heavy (non-hydrogen) atoms. The maximum absolute atomic E-state index is 12.5. The summed E-state index contributed by atoms with van der Waals surface area (Å²) in [5.41, 5.74) is -0.444. The maximum atomic E-state index is 12.5. The minimum atomic E-state index is -0.672. The van der Waals surface area contributed by atoms with Gasteiger partial charge in [0.25, 0.3) is 5.91 Å². The van der Waals surface area contributed by atoms with Crippen molar-refractivity contribution in [3.8, 4) is 5.75 Å². The van der Waals surface area contributed by atoms with Gasteiger partial charge in [0, 0.05) is 11.6 Å². The van der Waals surface area contributed by atoms with Crippen LogP contribution in [0.25, 0.3) is 0 Å². The van der Waals surface area contributed by atoms with E-state index in [2.05, 4.69) is 10.1 Å². The fourth-order valence-corrected chi connectivity index (χ4v) is 5.77. The third-order valence-electron chi connectivity index (χ3n) is 6.38. The highest BCUT2D eigenvalue weighted by atomic mass is 16.6. The summed E-state index contributed by atoms with van der Waals surface area (Å²) in [4.78, 5) is 34.8. The van der Waals surface area contributed by atoms with Crippen LogP contribution in [0.3, 0.4) is 0 Å². The first kappa shape index (κ1) is 18.7. The number of rotatable bonds is 6.